The van der Waals surface area contributed by atoms with E-state index in [1.54, 1.807) is 60.6 Å². The van der Waals surface area contributed by atoms with Crippen LogP contribution in [-0.4, -0.2) is 41.1 Å². The van der Waals surface area contributed by atoms with Crippen LogP contribution in [0.5, 0.6) is 5.75 Å². The predicted molar refractivity (Wildman–Crippen MR) is 124 cm³/mol. The van der Waals surface area contributed by atoms with Crippen molar-refractivity contribution >= 4 is 40.0 Å². The molecule has 8 heteroatoms. The van der Waals surface area contributed by atoms with E-state index in [0.717, 1.165) is 0 Å². The highest BCUT2D eigenvalue weighted by atomic mass is 16.7. The van der Waals surface area contributed by atoms with Gasteiger partial charge in [-0.1, -0.05) is 18.2 Å². The van der Waals surface area contributed by atoms with Gasteiger partial charge < -0.3 is 18.9 Å². The summed E-state index contributed by atoms with van der Waals surface area (Å²) >= 11 is 0. The van der Waals surface area contributed by atoms with Gasteiger partial charge in [-0.05, 0) is 66.2 Å². The first-order valence-corrected chi connectivity index (χ1v) is 10.5. The van der Waals surface area contributed by atoms with E-state index in [4.69, 9.17) is 18.9 Å². The van der Waals surface area contributed by atoms with Gasteiger partial charge in [0.1, 0.15) is 16.7 Å². The Bertz CT molecular complexity index is 1260. The number of para-hydroxylation sites is 1. The van der Waals surface area contributed by atoms with Crippen LogP contribution >= 0.6 is 0 Å². The first-order valence-electron chi connectivity index (χ1n) is 10.5. The summed E-state index contributed by atoms with van der Waals surface area (Å²) in [5.41, 5.74) is 0.0521. The Balaban J connectivity index is 2.39. The fourth-order valence-electron chi connectivity index (χ4n) is 3.55. The van der Waals surface area contributed by atoms with Crippen molar-refractivity contribution in [2.24, 2.45) is 0 Å². The zero-order valence-corrected chi connectivity index (χ0v) is 20.2. The zero-order valence-electron chi connectivity index (χ0n) is 20.2. The number of carbonyl (C=O) groups excluding carboxylic acids is 3. The van der Waals surface area contributed by atoms with Crippen LogP contribution in [0, 0.1) is 6.92 Å². The topological polar surface area (TPSA) is 93.1 Å². The summed E-state index contributed by atoms with van der Waals surface area (Å²) in [6, 6.07) is 8.57. The van der Waals surface area contributed by atoms with E-state index >= 15 is 0 Å². The fourth-order valence-corrected chi connectivity index (χ4v) is 3.55. The van der Waals surface area contributed by atoms with E-state index in [-0.39, 0.29) is 11.3 Å². The van der Waals surface area contributed by atoms with Gasteiger partial charge in [-0.2, -0.15) is 0 Å². The highest BCUT2D eigenvalue weighted by molar-refractivity contribution is 6.18. The number of methoxy groups -OCH3 is 1. The zero-order chi connectivity index (χ0) is 24.7. The highest BCUT2D eigenvalue weighted by Gasteiger charge is 2.29. The van der Waals surface area contributed by atoms with E-state index in [1.165, 1.54) is 17.7 Å². The maximum atomic E-state index is 13.3. The van der Waals surface area contributed by atoms with Crippen LogP contribution in [0.4, 0.5) is 9.59 Å². The first-order chi connectivity index (χ1) is 15.2. The van der Waals surface area contributed by atoms with E-state index in [0.29, 0.717) is 27.4 Å². The van der Waals surface area contributed by atoms with Gasteiger partial charge in [0.05, 0.1) is 18.2 Å². The number of carbonyl (C=O) groups is 3. The first kappa shape index (κ1) is 24.1. The Morgan fingerprint density at radius 2 is 1.52 bits per heavy atom. The lowest BCUT2D eigenvalue weighted by Gasteiger charge is -2.21. The van der Waals surface area contributed by atoms with Crippen LogP contribution in [0.3, 0.4) is 0 Å². The lowest BCUT2D eigenvalue weighted by Crippen LogP contribution is -2.28. The number of aryl methyl sites for hydroxylation is 1. The standard InChI is InChI=1S/C25H29NO7/c1-14-16(21(27)30-8)13-18(31-23(29)33-25(5,6)7)20-19(14)15-11-9-10-12-17(15)26(20)22(28)32-24(2,3)4/h9-13H,1-8H3. The minimum atomic E-state index is -0.968. The number of benzene rings is 2. The molecule has 0 bridgehead atoms. The van der Waals surface area contributed by atoms with Gasteiger partial charge in [0.15, 0.2) is 5.75 Å². The molecule has 33 heavy (non-hydrogen) atoms. The number of hydrogen-bond acceptors (Lipinski definition) is 7. The second kappa shape index (κ2) is 8.42. The Hall–Kier alpha value is -3.55. The van der Waals surface area contributed by atoms with Gasteiger partial charge in [-0.15, -0.1) is 0 Å². The Morgan fingerprint density at radius 1 is 0.909 bits per heavy atom. The summed E-state index contributed by atoms with van der Waals surface area (Å²) in [4.78, 5) is 38.3. The van der Waals surface area contributed by atoms with Crippen molar-refractivity contribution in [2.75, 3.05) is 7.11 Å². The fraction of sp³-hybridized carbons (Fsp3) is 0.400. The number of ether oxygens (including phenoxy) is 4. The molecule has 0 atom stereocenters. The molecule has 8 nitrogen and oxygen atoms in total. The summed E-state index contributed by atoms with van der Waals surface area (Å²) in [7, 11) is 1.27. The molecule has 0 radical (unpaired) electrons. The van der Waals surface area contributed by atoms with E-state index < -0.39 is 29.4 Å². The largest absolute Gasteiger partial charge is 0.514 e. The average Bonchev–Trinajstić information content (AvgIpc) is 3.03. The molecule has 0 amide bonds. The van der Waals surface area contributed by atoms with Gasteiger partial charge in [-0.25, -0.2) is 19.0 Å². The van der Waals surface area contributed by atoms with E-state index in [1.807, 2.05) is 12.1 Å². The van der Waals surface area contributed by atoms with Crippen LogP contribution in [0.15, 0.2) is 30.3 Å². The molecule has 3 rings (SSSR count). The lowest BCUT2D eigenvalue weighted by atomic mass is 10.0. The van der Waals surface area contributed by atoms with Gasteiger partial charge >= 0.3 is 18.2 Å². The Morgan fingerprint density at radius 3 is 2.09 bits per heavy atom. The summed E-state index contributed by atoms with van der Waals surface area (Å²) in [5, 5.41) is 1.26. The minimum Gasteiger partial charge on any atom is -0.465 e. The average molecular weight is 456 g/mol. The molecule has 0 unspecified atom stereocenters. The van der Waals surface area contributed by atoms with Crippen LogP contribution < -0.4 is 4.74 Å². The maximum absolute atomic E-state index is 13.3. The third-order valence-corrected chi connectivity index (χ3v) is 4.73. The molecule has 0 spiro atoms. The van der Waals surface area contributed by atoms with Crippen LogP contribution in [0.1, 0.15) is 57.5 Å². The molecule has 0 saturated carbocycles. The summed E-state index contributed by atoms with van der Waals surface area (Å²) in [6.07, 6.45) is -1.61. The van der Waals surface area contributed by atoms with Crippen molar-refractivity contribution in [3.05, 3.63) is 41.5 Å². The number of aromatic nitrogens is 1. The molecule has 1 heterocycles. The molecule has 0 fully saturated rings. The number of rotatable bonds is 2. The summed E-state index contributed by atoms with van der Waals surface area (Å²) < 4.78 is 22.8. The van der Waals surface area contributed by atoms with Crippen molar-refractivity contribution in [1.29, 1.82) is 0 Å². The molecule has 176 valence electrons. The van der Waals surface area contributed by atoms with Crippen LogP contribution in [-0.2, 0) is 14.2 Å². The second-order valence-electron chi connectivity index (χ2n) is 9.66. The predicted octanol–water partition coefficient (Wildman–Crippen LogP) is 5.99. The van der Waals surface area contributed by atoms with Crippen LogP contribution in [0.25, 0.3) is 21.8 Å². The smallest absolute Gasteiger partial charge is 0.465 e. The van der Waals surface area contributed by atoms with Crippen molar-refractivity contribution in [3.63, 3.8) is 0 Å². The summed E-state index contributed by atoms with van der Waals surface area (Å²) in [6.45, 7) is 12.1. The Labute approximate surface area is 192 Å². The molecule has 0 N–H and O–H groups in total. The molecule has 2 aromatic carbocycles. The number of fused-ring (bicyclic) bond motifs is 3. The number of nitrogens with zero attached hydrogens (tertiary/aromatic N) is 1. The third-order valence-electron chi connectivity index (χ3n) is 4.73. The Kier molecular flexibility index (Phi) is 6.15. The lowest BCUT2D eigenvalue weighted by molar-refractivity contribution is 0.0205. The molecule has 0 aliphatic rings. The highest BCUT2D eigenvalue weighted by Crippen LogP contribution is 2.40. The maximum Gasteiger partial charge on any atom is 0.514 e. The molecular formula is C25H29NO7. The molecular weight excluding hydrogens is 426 g/mol. The third kappa shape index (κ3) is 4.94. The molecule has 0 aliphatic heterocycles. The van der Waals surface area contributed by atoms with Crippen molar-refractivity contribution < 1.29 is 33.3 Å². The molecule has 1 aromatic heterocycles. The van der Waals surface area contributed by atoms with Crippen molar-refractivity contribution in [2.45, 2.75) is 59.7 Å². The van der Waals surface area contributed by atoms with Gasteiger partial charge in [0.25, 0.3) is 0 Å². The second-order valence-corrected chi connectivity index (χ2v) is 9.66. The van der Waals surface area contributed by atoms with Gasteiger partial charge in [0.2, 0.25) is 0 Å². The molecule has 3 aromatic rings. The van der Waals surface area contributed by atoms with Gasteiger partial charge in [0, 0.05) is 10.8 Å². The van der Waals surface area contributed by atoms with Gasteiger partial charge in [-0.3, -0.25) is 0 Å². The molecule has 0 saturated heterocycles. The minimum absolute atomic E-state index is 0.0210. The van der Waals surface area contributed by atoms with E-state index in [2.05, 4.69) is 0 Å². The molecule has 0 aliphatic carbocycles. The monoisotopic (exact) mass is 455 g/mol. The SMILES string of the molecule is COC(=O)c1cc(OC(=O)OC(C)(C)C)c2c(c1C)c1ccccc1n2C(=O)OC(C)(C)C. The van der Waals surface area contributed by atoms with E-state index in [9.17, 15) is 14.4 Å². The quantitative estimate of drug-likeness (QED) is 0.266. The summed E-state index contributed by atoms with van der Waals surface area (Å²) in [5.74, 6) is -0.621. The van der Waals surface area contributed by atoms with Crippen molar-refractivity contribution in [1.82, 2.24) is 4.57 Å². The van der Waals surface area contributed by atoms with Crippen molar-refractivity contribution in [3.8, 4) is 5.75 Å². The number of hydrogen-bond donors (Lipinski definition) is 0. The number of esters is 1. The normalized spacial score (nSPS) is 12.0. The van der Waals surface area contributed by atoms with Crippen LogP contribution in [0.2, 0.25) is 0 Å².